The van der Waals surface area contributed by atoms with Gasteiger partial charge in [-0.05, 0) is 31.9 Å². The van der Waals surface area contributed by atoms with Crippen molar-refractivity contribution in [3.05, 3.63) is 29.6 Å². The number of ether oxygens (including phenoxy) is 1. The van der Waals surface area contributed by atoms with Gasteiger partial charge in [0.2, 0.25) is 12.3 Å². The second-order valence-electron chi connectivity index (χ2n) is 4.58. The third-order valence-corrected chi connectivity index (χ3v) is 2.89. The van der Waals surface area contributed by atoms with Crippen LogP contribution in [0.15, 0.2) is 18.2 Å². The fraction of sp³-hybridized carbons (Fsp3) is 0.429. The Kier molecular flexibility index (Phi) is 5.96. The molecule has 0 aliphatic heterocycles. The van der Waals surface area contributed by atoms with E-state index in [4.69, 9.17) is 4.74 Å². The van der Waals surface area contributed by atoms with Gasteiger partial charge in [-0.15, -0.1) is 0 Å². The lowest BCUT2D eigenvalue weighted by Crippen LogP contribution is -2.45. The highest BCUT2D eigenvalue weighted by Crippen LogP contribution is 2.17. The van der Waals surface area contributed by atoms with Crippen LogP contribution in [0.25, 0.3) is 0 Å². The summed E-state index contributed by atoms with van der Waals surface area (Å²) < 4.78 is 18.7. The first-order valence-corrected chi connectivity index (χ1v) is 6.30. The molecule has 1 aromatic carbocycles. The number of nitrogens with one attached hydrogen (secondary N) is 2. The SMILES string of the molecule is COc1ccc(CC(C)NC(=O)C(C)NC=O)c(F)c1. The number of hydrogen-bond acceptors (Lipinski definition) is 3. The van der Waals surface area contributed by atoms with Crippen LogP contribution in [0.1, 0.15) is 19.4 Å². The van der Waals surface area contributed by atoms with Crippen LogP contribution in [-0.4, -0.2) is 31.5 Å². The summed E-state index contributed by atoms with van der Waals surface area (Å²) in [7, 11) is 1.47. The third-order valence-electron chi connectivity index (χ3n) is 2.89. The molecule has 0 heterocycles. The van der Waals surface area contributed by atoms with Crippen molar-refractivity contribution >= 4 is 12.3 Å². The monoisotopic (exact) mass is 282 g/mol. The van der Waals surface area contributed by atoms with Crippen LogP contribution in [0.2, 0.25) is 0 Å². The van der Waals surface area contributed by atoms with Crippen molar-refractivity contribution in [1.29, 1.82) is 0 Å². The number of rotatable bonds is 7. The van der Waals surface area contributed by atoms with Gasteiger partial charge in [0.25, 0.3) is 0 Å². The average Bonchev–Trinajstić information content (AvgIpc) is 2.41. The van der Waals surface area contributed by atoms with E-state index in [2.05, 4.69) is 10.6 Å². The van der Waals surface area contributed by atoms with E-state index in [9.17, 15) is 14.0 Å². The van der Waals surface area contributed by atoms with E-state index in [0.29, 0.717) is 24.1 Å². The van der Waals surface area contributed by atoms with Crippen molar-refractivity contribution in [2.45, 2.75) is 32.4 Å². The van der Waals surface area contributed by atoms with E-state index in [1.54, 1.807) is 26.0 Å². The van der Waals surface area contributed by atoms with E-state index >= 15 is 0 Å². The topological polar surface area (TPSA) is 67.4 Å². The predicted octanol–water partition coefficient (Wildman–Crippen LogP) is 1.02. The smallest absolute Gasteiger partial charge is 0.242 e. The molecule has 2 N–H and O–H groups in total. The molecule has 0 saturated carbocycles. The Morgan fingerprint density at radius 1 is 1.45 bits per heavy atom. The minimum absolute atomic E-state index is 0.249. The van der Waals surface area contributed by atoms with Crippen molar-refractivity contribution in [2.75, 3.05) is 7.11 Å². The van der Waals surface area contributed by atoms with Crippen LogP contribution in [0.5, 0.6) is 5.75 Å². The fourth-order valence-electron chi connectivity index (χ4n) is 1.75. The molecule has 20 heavy (non-hydrogen) atoms. The molecule has 0 radical (unpaired) electrons. The maximum Gasteiger partial charge on any atom is 0.242 e. The zero-order valence-corrected chi connectivity index (χ0v) is 11.8. The summed E-state index contributed by atoms with van der Waals surface area (Å²) in [5.41, 5.74) is 0.495. The maximum absolute atomic E-state index is 13.8. The molecule has 6 heteroatoms. The van der Waals surface area contributed by atoms with Gasteiger partial charge in [-0.1, -0.05) is 6.07 Å². The molecule has 2 amide bonds. The van der Waals surface area contributed by atoms with Crippen molar-refractivity contribution in [3.8, 4) is 5.75 Å². The van der Waals surface area contributed by atoms with Gasteiger partial charge in [0.15, 0.2) is 0 Å². The minimum Gasteiger partial charge on any atom is -0.497 e. The Labute approximate surface area is 117 Å². The van der Waals surface area contributed by atoms with Gasteiger partial charge in [0.1, 0.15) is 17.6 Å². The lowest BCUT2D eigenvalue weighted by molar-refractivity contribution is -0.125. The zero-order chi connectivity index (χ0) is 15.1. The Morgan fingerprint density at radius 3 is 2.70 bits per heavy atom. The van der Waals surface area contributed by atoms with Gasteiger partial charge in [-0.2, -0.15) is 0 Å². The molecule has 2 atom stereocenters. The number of methoxy groups -OCH3 is 1. The number of benzene rings is 1. The summed E-state index contributed by atoms with van der Waals surface area (Å²) >= 11 is 0. The Bertz CT molecular complexity index is 479. The van der Waals surface area contributed by atoms with Gasteiger partial charge >= 0.3 is 0 Å². The first-order chi connectivity index (χ1) is 9.47. The van der Waals surface area contributed by atoms with Crippen LogP contribution in [0, 0.1) is 5.82 Å². The summed E-state index contributed by atoms with van der Waals surface area (Å²) in [5.74, 6) is -0.227. The van der Waals surface area contributed by atoms with Crippen LogP contribution in [0.4, 0.5) is 4.39 Å². The van der Waals surface area contributed by atoms with Gasteiger partial charge in [0.05, 0.1) is 7.11 Å². The van der Waals surface area contributed by atoms with Crippen molar-refractivity contribution in [3.63, 3.8) is 0 Å². The number of amides is 2. The average molecular weight is 282 g/mol. The first-order valence-electron chi connectivity index (χ1n) is 6.30. The van der Waals surface area contributed by atoms with Crippen LogP contribution in [0.3, 0.4) is 0 Å². The molecular formula is C14H19FN2O3. The van der Waals surface area contributed by atoms with Crippen LogP contribution >= 0.6 is 0 Å². The summed E-state index contributed by atoms with van der Waals surface area (Å²) in [4.78, 5) is 21.9. The van der Waals surface area contributed by atoms with Gasteiger partial charge in [-0.25, -0.2) is 4.39 Å². The molecule has 0 spiro atoms. The van der Waals surface area contributed by atoms with Crippen LogP contribution < -0.4 is 15.4 Å². The second kappa shape index (κ2) is 7.47. The normalized spacial score (nSPS) is 13.2. The lowest BCUT2D eigenvalue weighted by atomic mass is 10.1. The molecule has 2 unspecified atom stereocenters. The highest BCUT2D eigenvalue weighted by Gasteiger charge is 2.15. The standard InChI is InChI=1S/C14H19FN2O3/c1-9(17-14(19)10(2)16-8-18)6-11-4-5-12(20-3)7-13(11)15/h4-5,7-10H,6H2,1-3H3,(H,16,18)(H,17,19). The maximum atomic E-state index is 13.8. The van der Waals surface area contributed by atoms with Crippen molar-refractivity contribution < 1.29 is 18.7 Å². The molecule has 1 rings (SSSR count). The molecule has 5 nitrogen and oxygen atoms in total. The molecule has 110 valence electrons. The van der Waals surface area contributed by atoms with E-state index in [1.807, 2.05) is 0 Å². The first kappa shape index (κ1) is 15.9. The number of halogens is 1. The molecule has 1 aromatic rings. The van der Waals surface area contributed by atoms with E-state index in [1.165, 1.54) is 13.2 Å². The van der Waals surface area contributed by atoms with Gasteiger partial charge in [0, 0.05) is 12.1 Å². The molecule has 0 aliphatic rings. The fourth-order valence-corrected chi connectivity index (χ4v) is 1.75. The van der Waals surface area contributed by atoms with Gasteiger partial charge < -0.3 is 15.4 Å². The highest BCUT2D eigenvalue weighted by molar-refractivity contribution is 5.83. The number of hydrogen-bond donors (Lipinski definition) is 2. The minimum atomic E-state index is -0.615. The quantitative estimate of drug-likeness (QED) is 0.734. The largest absolute Gasteiger partial charge is 0.497 e. The third kappa shape index (κ3) is 4.53. The van der Waals surface area contributed by atoms with Crippen molar-refractivity contribution in [2.24, 2.45) is 0 Å². The van der Waals surface area contributed by atoms with Crippen LogP contribution in [-0.2, 0) is 16.0 Å². The van der Waals surface area contributed by atoms with Gasteiger partial charge in [-0.3, -0.25) is 9.59 Å². The molecule has 0 fully saturated rings. The summed E-state index contributed by atoms with van der Waals surface area (Å²) in [6.45, 7) is 3.35. The summed E-state index contributed by atoms with van der Waals surface area (Å²) in [5, 5.41) is 5.07. The van der Waals surface area contributed by atoms with E-state index < -0.39 is 6.04 Å². The molecule has 0 bridgehead atoms. The Balaban J connectivity index is 2.60. The number of carbonyl (C=O) groups is 2. The Morgan fingerprint density at radius 2 is 2.15 bits per heavy atom. The Hall–Kier alpha value is -2.11. The van der Waals surface area contributed by atoms with E-state index in [-0.39, 0.29) is 17.8 Å². The lowest BCUT2D eigenvalue weighted by Gasteiger charge is -2.17. The molecular weight excluding hydrogens is 263 g/mol. The van der Waals surface area contributed by atoms with Crippen molar-refractivity contribution in [1.82, 2.24) is 10.6 Å². The summed E-state index contributed by atoms with van der Waals surface area (Å²) in [6.07, 6.45) is 0.827. The molecule has 0 aromatic heterocycles. The molecule has 0 aliphatic carbocycles. The zero-order valence-electron chi connectivity index (χ0n) is 11.8. The molecule has 0 saturated heterocycles. The number of carbonyl (C=O) groups excluding carboxylic acids is 2. The summed E-state index contributed by atoms with van der Waals surface area (Å²) in [6, 6.07) is 3.74. The highest BCUT2D eigenvalue weighted by atomic mass is 19.1. The van der Waals surface area contributed by atoms with E-state index in [0.717, 1.165) is 0 Å². The predicted molar refractivity (Wildman–Crippen MR) is 72.9 cm³/mol. The second-order valence-corrected chi connectivity index (χ2v) is 4.58.